The van der Waals surface area contributed by atoms with Crippen LogP contribution in [0.2, 0.25) is 0 Å². The Hall–Kier alpha value is -0.850. The lowest BCUT2D eigenvalue weighted by atomic mass is 9.67. The van der Waals surface area contributed by atoms with E-state index in [4.69, 9.17) is 5.73 Å². The zero-order valence-corrected chi connectivity index (χ0v) is 14.5. The molecule has 0 bridgehead atoms. The molecule has 1 aliphatic rings. The van der Waals surface area contributed by atoms with Gasteiger partial charge in [-0.15, -0.1) is 24.0 Å². The van der Waals surface area contributed by atoms with Crippen LogP contribution >= 0.6 is 24.0 Å². The van der Waals surface area contributed by atoms with Crippen molar-refractivity contribution in [2.45, 2.75) is 39.0 Å². The van der Waals surface area contributed by atoms with Crippen LogP contribution in [0, 0.1) is 5.41 Å². The molecule has 1 heterocycles. The molecule has 1 aromatic rings. The molecule has 0 radical (unpaired) electrons. The molecular weight excluding hydrogens is 363 g/mol. The lowest BCUT2D eigenvalue weighted by Crippen LogP contribution is -2.37. The summed E-state index contributed by atoms with van der Waals surface area (Å²) in [5.41, 5.74) is 7.41. The van der Waals surface area contributed by atoms with Crippen molar-refractivity contribution in [3.05, 3.63) is 30.1 Å². The van der Waals surface area contributed by atoms with Crippen molar-refractivity contribution in [2.75, 3.05) is 13.1 Å². The smallest absolute Gasteiger partial charge is 0.188 e. The predicted octanol–water partition coefficient (Wildman–Crippen LogP) is 2.73. The van der Waals surface area contributed by atoms with E-state index in [0.717, 1.165) is 25.2 Å². The molecule has 0 saturated heterocycles. The van der Waals surface area contributed by atoms with E-state index in [0.29, 0.717) is 11.4 Å². The molecule has 1 aliphatic carbocycles. The van der Waals surface area contributed by atoms with Crippen LogP contribution in [-0.4, -0.2) is 24.0 Å². The van der Waals surface area contributed by atoms with Gasteiger partial charge < -0.3 is 11.1 Å². The van der Waals surface area contributed by atoms with Crippen LogP contribution in [0.4, 0.5) is 0 Å². The summed E-state index contributed by atoms with van der Waals surface area (Å²) < 4.78 is 0. The third kappa shape index (κ3) is 4.92. The fourth-order valence-electron chi connectivity index (χ4n) is 2.47. The van der Waals surface area contributed by atoms with Gasteiger partial charge in [-0.25, -0.2) is 0 Å². The van der Waals surface area contributed by atoms with Gasteiger partial charge in [-0.05, 0) is 36.8 Å². The van der Waals surface area contributed by atoms with Crippen molar-refractivity contribution in [2.24, 2.45) is 16.1 Å². The van der Waals surface area contributed by atoms with Gasteiger partial charge in [-0.1, -0.05) is 19.4 Å². The number of aliphatic imine (C=N–C) groups is 1. The fraction of sp³-hybridized carbons (Fsp3) is 0.600. The number of halogens is 1. The molecule has 0 aromatic carbocycles. The summed E-state index contributed by atoms with van der Waals surface area (Å²) in [6.45, 7) is 3.90. The molecule has 0 aliphatic heterocycles. The molecule has 1 fully saturated rings. The minimum atomic E-state index is 0. The standard InChI is InChI=1S/C15H24N4.HI/c1-2-15(8-5-9-15)12-19-14(16)18-11-7-13-6-3-4-10-17-13;/h3-4,6,10H,2,5,7-9,11-12H2,1H3,(H3,16,18,19);1H. The van der Waals surface area contributed by atoms with Gasteiger partial charge >= 0.3 is 0 Å². The molecule has 5 heteroatoms. The average molecular weight is 388 g/mol. The van der Waals surface area contributed by atoms with Gasteiger partial charge in [0.1, 0.15) is 0 Å². The van der Waals surface area contributed by atoms with Crippen LogP contribution in [0.25, 0.3) is 0 Å². The first-order chi connectivity index (χ1) is 9.24. The summed E-state index contributed by atoms with van der Waals surface area (Å²) in [7, 11) is 0. The summed E-state index contributed by atoms with van der Waals surface area (Å²) in [5.74, 6) is 0.565. The molecule has 2 rings (SSSR count). The lowest BCUT2D eigenvalue weighted by molar-refractivity contribution is 0.139. The Morgan fingerprint density at radius 1 is 1.45 bits per heavy atom. The number of nitrogens with zero attached hydrogens (tertiary/aromatic N) is 2. The molecule has 3 N–H and O–H groups in total. The number of pyridine rings is 1. The van der Waals surface area contributed by atoms with Gasteiger partial charge in [-0.2, -0.15) is 0 Å². The van der Waals surface area contributed by atoms with Gasteiger partial charge in [0.2, 0.25) is 0 Å². The van der Waals surface area contributed by atoms with E-state index in [1.807, 2.05) is 24.4 Å². The van der Waals surface area contributed by atoms with E-state index in [9.17, 15) is 0 Å². The number of guanidine groups is 1. The maximum Gasteiger partial charge on any atom is 0.188 e. The van der Waals surface area contributed by atoms with Gasteiger partial charge in [0, 0.05) is 31.4 Å². The number of nitrogens with two attached hydrogens (primary N) is 1. The van der Waals surface area contributed by atoms with Crippen LogP contribution < -0.4 is 11.1 Å². The van der Waals surface area contributed by atoms with E-state index >= 15 is 0 Å². The minimum absolute atomic E-state index is 0. The molecule has 1 aromatic heterocycles. The fourth-order valence-corrected chi connectivity index (χ4v) is 2.47. The van der Waals surface area contributed by atoms with Gasteiger partial charge in [0.05, 0.1) is 0 Å². The van der Waals surface area contributed by atoms with E-state index in [2.05, 4.69) is 22.2 Å². The molecule has 0 amide bonds. The molecule has 20 heavy (non-hydrogen) atoms. The van der Waals surface area contributed by atoms with E-state index in [1.165, 1.54) is 25.7 Å². The maximum absolute atomic E-state index is 5.90. The number of nitrogens with one attached hydrogen (secondary N) is 1. The first kappa shape index (κ1) is 17.2. The second-order valence-electron chi connectivity index (χ2n) is 5.41. The Labute approximate surface area is 138 Å². The minimum Gasteiger partial charge on any atom is -0.370 e. The molecule has 0 unspecified atom stereocenters. The van der Waals surface area contributed by atoms with E-state index < -0.39 is 0 Å². The third-order valence-electron chi connectivity index (χ3n) is 4.16. The molecular formula is C15H25IN4. The normalized spacial score (nSPS) is 16.9. The highest BCUT2D eigenvalue weighted by Crippen LogP contribution is 2.43. The Kier molecular flexibility index (Phi) is 7.26. The monoisotopic (exact) mass is 388 g/mol. The summed E-state index contributed by atoms with van der Waals surface area (Å²) in [6, 6.07) is 5.95. The van der Waals surface area contributed by atoms with Crippen molar-refractivity contribution >= 4 is 29.9 Å². The summed E-state index contributed by atoms with van der Waals surface area (Å²) in [6.07, 6.45) is 7.83. The quantitative estimate of drug-likeness (QED) is 0.448. The van der Waals surface area contributed by atoms with Crippen molar-refractivity contribution in [1.82, 2.24) is 10.3 Å². The van der Waals surface area contributed by atoms with Crippen LogP contribution in [0.5, 0.6) is 0 Å². The van der Waals surface area contributed by atoms with Crippen LogP contribution in [0.3, 0.4) is 0 Å². The zero-order chi connectivity index (χ0) is 13.6. The summed E-state index contributed by atoms with van der Waals surface area (Å²) in [5, 5.41) is 3.16. The van der Waals surface area contributed by atoms with Crippen molar-refractivity contribution in [3.8, 4) is 0 Å². The van der Waals surface area contributed by atoms with Gasteiger partial charge in [0.15, 0.2) is 5.96 Å². The zero-order valence-electron chi connectivity index (χ0n) is 12.1. The Balaban J connectivity index is 0.00000200. The van der Waals surface area contributed by atoms with Gasteiger partial charge in [0.25, 0.3) is 0 Å². The number of hydrogen-bond acceptors (Lipinski definition) is 2. The molecule has 4 nitrogen and oxygen atoms in total. The number of aromatic nitrogens is 1. The molecule has 0 spiro atoms. The highest BCUT2D eigenvalue weighted by Gasteiger charge is 2.34. The van der Waals surface area contributed by atoms with Crippen molar-refractivity contribution in [3.63, 3.8) is 0 Å². The predicted molar refractivity (Wildman–Crippen MR) is 94.4 cm³/mol. The second-order valence-corrected chi connectivity index (χ2v) is 5.41. The third-order valence-corrected chi connectivity index (χ3v) is 4.16. The largest absolute Gasteiger partial charge is 0.370 e. The highest BCUT2D eigenvalue weighted by atomic mass is 127. The first-order valence-corrected chi connectivity index (χ1v) is 7.18. The van der Waals surface area contributed by atoms with E-state index in [-0.39, 0.29) is 24.0 Å². The SMILES string of the molecule is CCC1(CN=C(N)NCCc2ccccn2)CCC1.I. The summed E-state index contributed by atoms with van der Waals surface area (Å²) >= 11 is 0. The van der Waals surface area contributed by atoms with E-state index in [1.54, 1.807) is 0 Å². The van der Waals surface area contributed by atoms with Crippen LogP contribution in [-0.2, 0) is 6.42 Å². The van der Waals surface area contributed by atoms with Crippen molar-refractivity contribution in [1.29, 1.82) is 0 Å². The molecule has 112 valence electrons. The molecule has 0 atom stereocenters. The lowest BCUT2D eigenvalue weighted by Gasteiger charge is -2.40. The topological polar surface area (TPSA) is 63.3 Å². The first-order valence-electron chi connectivity index (χ1n) is 7.18. The molecule has 1 saturated carbocycles. The Morgan fingerprint density at radius 3 is 2.80 bits per heavy atom. The number of hydrogen-bond donors (Lipinski definition) is 2. The highest BCUT2D eigenvalue weighted by molar-refractivity contribution is 14.0. The Morgan fingerprint density at radius 2 is 2.25 bits per heavy atom. The second kappa shape index (κ2) is 8.44. The van der Waals surface area contributed by atoms with Crippen LogP contribution in [0.1, 0.15) is 38.3 Å². The number of rotatable bonds is 6. The van der Waals surface area contributed by atoms with Crippen molar-refractivity contribution < 1.29 is 0 Å². The maximum atomic E-state index is 5.90. The average Bonchev–Trinajstić information content (AvgIpc) is 2.39. The van der Waals surface area contributed by atoms with Gasteiger partial charge in [-0.3, -0.25) is 9.98 Å². The van der Waals surface area contributed by atoms with Crippen LogP contribution in [0.15, 0.2) is 29.4 Å². The Bertz CT molecular complexity index is 410. The summed E-state index contributed by atoms with van der Waals surface area (Å²) in [4.78, 5) is 8.76.